The maximum atomic E-state index is 9.23. The minimum atomic E-state index is -2.27. The molecule has 2 atom stereocenters. The average molecular weight is 301 g/mol. The van der Waals surface area contributed by atoms with Crippen LogP contribution in [0, 0.1) is 0 Å². The molecule has 20 heavy (non-hydrogen) atoms. The number of aliphatic hydroxyl groups is 1. The van der Waals surface area contributed by atoms with E-state index in [1.165, 1.54) is 12.8 Å². The first kappa shape index (κ1) is 17.9. The molecule has 118 valence electrons. The van der Waals surface area contributed by atoms with Gasteiger partial charge in [0, 0.05) is 6.61 Å². The third-order valence-electron chi connectivity index (χ3n) is 4.08. The smallest absolute Gasteiger partial charge is 0.344 e. The first-order valence-corrected chi connectivity index (χ1v) is 10.1. The molecule has 4 heteroatoms. The van der Waals surface area contributed by atoms with E-state index >= 15 is 0 Å². The zero-order valence-electron chi connectivity index (χ0n) is 13.8. The monoisotopic (exact) mass is 300 g/mol. The Balaban J connectivity index is 2.96. The second-order valence-corrected chi connectivity index (χ2v) is 10.6. The van der Waals surface area contributed by atoms with Crippen molar-refractivity contribution in [2.24, 2.45) is 0 Å². The van der Waals surface area contributed by atoms with Gasteiger partial charge in [0.2, 0.25) is 0 Å². The standard InChI is InChI=1S/C16H32O3Si/c1-6-7-8-15-9-10-16(11-12-17)19-20(18-15,13(2)3)14(4)5/h9-10,13-17H,6-8,11-12H2,1-5H3/t15-,16-/m0/s1. The van der Waals surface area contributed by atoms with Gasteiger partial charge >= 0.3 is 8.56 Å². The Morgan fingerprint density at radius 1 is 1.00 bits per heavy atom. The maximum absolute atomic E-state index is 9.23. The molecule has 1 N–H and O–H groups in total. The van der Waals surface area contributed by atoms with Gasteiger partial charge in [-0.3, -0.25) is 0 Å². The van der Waals surface area contributed by atoms with Gasteiger partial charge in [-0.05, 0) is 23.9 Å². The highest BCUT2D eigenvalue weighted by atomic mass is 28.4. The lowest BCUT2D eigenvalue weighted by Crippen LogP contribution is -2.51. The third kappa shape index (κ3) is 4.42. The molecular weight excluding hydrogens is 268 g/mol. The lowest BCUT2D eigenvalue weighted by molar-refractivity contribution is 0.0955. The van der Waals surface area contributed by atoms with Gasteiger partial charge in [0.15, 0.2) is 0 Å². The summed E-state index contributed by atoms with van der Waals surface area (Å²) in [4.78, 5) is 0. The summed E-state index contributed by atoms with van der Waals surface area (Å²) in [5.41, 5.74) is 0.820. The number of aliphatic hydroxyl groups excluding tert-OH is 1. The fraction of sp³-hybridized carbons (Fsp3) is 0.875. The molecule has 0 aromatic carbocycles. The van der Waals surface area contributed by atoms with Crippen molar-refractivity contribution in [2.75, 3.05) is 6.61 Å². The molecule has 0 radical (unpaired) electrons. The van der Waals surface area contributed by atoms with E-state index in [9.17, 15) is 5.11 Å². The molecule has 1 aliphatic rings. The Morgan fingerprint density at radius 3 is 1.90 bits per heavy atom. The van der Waals surface area contributed by atoms with Crippen LogP contribution in [-0.2, 0) is 8.85 Å². The van der Waals surface area contributed by atoms with E-state index in [1.54, 1.807) is 0 Å². The van der Waals surface area contributed by atoms with E-state index in [1.807, 2.05) is 0 Å². The second kappa shape index (κ2) is 8.32. The minimum Gasteiger partial charge on any atom is -0.396 e. The molecule has 0 unspecified atom stereocenters. The first-order valence-electron chi connectivity index (χ1n) is 8.11. The highest BCUT2D eigenvalue weighted by molar-refractivity contribution is 6.70. The predicted octanol–water partition coefficient (Wildman–Crippen LogP) is 4.16. The van der Waals surface area contributed by atoms with E-state index in [2.05, 4.69) is 46.8 Å². The lowest BCUT2D eigenvalue weighted by atomic mass is 10.1. The van der Waals surface area contributed by atoms with Crippen molar-refractivity contribution in [3.63, 3.8) is 0 Å². The molecule has 3 nitrogen and oxygen atoms in total. The molecule has 0 spiro atoms. The summed E-state index contributed by atoms with van der Waals surface area (Å²) >= 11 is 0. The summed E-state index contributed by atoms with van der Waals surface area (Å²) in [6, 6.07) is 0. The van der Waals surface area contributed by atoms with Crippen LogP contribution < -0.4 is 0 Å². The Hall–Kier alpha value is -0.163. The molecule has 0 aromatic heterocycles. The molecule has 0 aromatic rings. The van der Waals surface area contributed by atoms with Gasteiger partial charge in [0.05, 0.1) is 12.2 Å². The van der Waals surface area contributed by atoms with E-state index < -0.39 is 8.56 Å². The summed E-state index contributed by atoms with van der Waals surface area (Å²) in [6.07, 6.45) is 8.54. The van der Waals surface area contributed by atoms with Gasteiger partial charge < -0.3 is 14.0 Å². The van der Waals surface area contributed by atoms with Crippen molar-refractivity contribution >= 4 is 8.56 Å². The Kier molecular flexibility index (Phi) is 7.44. The molecule has 0 saturated carbocycles. The number of rotatable bonds is 7. The normalized spacial score (nSPS) is 26.2. The molecular formula is C16H32O3Si. The fourth-order valence-corrected chi connectivity index (χ4v) is 6.70. The van der Waals surface area contributed by atoms with Gasteiger partial charge in [0.1, 0.15) is 0 Å². The number of hydrogen-bond donors (Lipinski definition) is 1. The topological polar surface area (TPSA) is 38.7 Å². The van der Waals surface area contributed by atoms with Crippen molar-refractivity contribution in [3.05, 3.63) is 12.2 Å². The third-order valence-corrected chi connectivity index (χ3v) is 8.64. The summed E-state index contributed by atoms with van der Waals surface area (Å²) in [5, 5.41) is 9.23. The quantitative estimate of drug-likeness (QED) is 0.567. The van der Waals surface area contributed by atoms with Crippen LogP contribution in [0.5, 0.6) is 0 Å². The summed E-state index contributed by atoms with van der Waals surface area (Å²) in [7, 11) is -2.27. The molecule has 0 amide bonds. The van der Waals surface area contributed by atoms with Gasteiger partial charge in [0.25, 0.3) is 0 Å². The zero-order valence-corrected chi connectivity index (χ0v) is 14.8. The van der Waals surface area contributed by atoms with Gasteiger partial charge in [-0.15, -0.1) is 0 Å². The van der Waals surface area contributed by atoms with Crippen molar-refractivity contribution in [1.29, 1.82) is 0 Å². The van der Waals surface area contributed by atoms with Crippen LogP contribution in [0.4, 0.5) is 0 Å². The summed E-state index contributed by atoms with van der Waals surface area (Å²) in [6.45, 7) is 11.2. The van der Waals surface area contributed by atoms with Crippen LogP contribution in [0.2, 0.25) is 11.1 Å². The van der Waals surface area contributed by atoms with Gasteiger partial charge in [-0.2, -0.15) is 0 Å². The first-order chi connectivity index (χ1) is 9.46. The Bertz CT molecular complexity index is 294. The Morgan fingerprint density at radius 2 is 1.50 bits per heavy atom. The van der Waals surface area contributed by atoms with Crippen molar-refractivity contribution in [3.8, 4) is 0 Å². The number of hydrogen-bond acceptors (Lipinski definition) is 3. The van der Waals surface area contributed by atoms with E-state index in [-0.39, 0.29) is 18.8 Å². The van der Waals surface area contributed by atoms with Crippen LogP contribution in [0.3, 0.4) is 0 Å². The van der Waals surface area contributed by atoms with Crippen molar-refractivity contribution < 1.29 is 14.0 Å². The molecule has 1 rings (SSSR count). The average Bonchev–Trinajstić information content (AvgIpc) is 2.57. The largest absolute Gasteiger partial charge is 0.396 e. The van der Waals surface area contributed by atoms with E-state index in [4.69, 9.17) is 8.85 Å². The molecule has 1 heterocycles. The SMILES string of the molecule is CCCC[C@H]1C=C[C@@H](CCO)O[Si](C(C)C)(C(C)C)O1. The lowest BCUT2D eigenvalue weighted by Gasteiger charge is -2.40. The van der Waals surface area contributed by atoms with Gasteiger partial charge in [-0.1, -0.05) is 59.6 Å². The second-order valence-electron chi connectivity index (χ2n) is 6.38. The van der Waals surface area contributed by atoms with Crippen molar-refractivity contribution in [1.82, 2.24) is 0 Å². The van der Waals surface area contributed by atoms with Crippen molar-refractivity contribution in [2.45, 2.75) is 83.6 Å². The zero-order chi connectivity index (χ0) is 15.2. The highest BCUT2D eigenvalue weighted by Gasteiger charge is 2.48. The molecule has 0 bridgehead atoms. The highest BCUT2D eigenvalue weighted by Crippen LogP contribution is 2.39. The Labute approximate surface area is 125 Å². The molecule has 0 fully saturated rings. The van der Waals surface area contributed by atoms with Crippen LogP contribution in [0.15, 0.2) is 12.2 Å². The fourth-order valence-electron chi connectivity index (χ4n) is 2.88. The van der Waals surface area contributed by atoms with Crippen LogP contribution >= 0.6 is 0 Å². The van der Waals surface area contributed by atoms with Crippen LogP contribution in [0.1, 0.15) is 60.3 Å². The van der Waals surface area contributed by atoms with E-state index in [0.29, 0.717) is 17.5 Å². The van der Waals surface area contributed by atoms with E-state index in [0.717, 1.165) is 6.42 Å². The number of unbranched alkanes of at least 4 members (excludes halogenated alkanes) is 1. The molecule has 0 aliphatic carbocycles. The molecule has 0 saturated heterocycles. The van der Waals surface area contributed by atoms with Crippen LogP contribution in [0.25, 0.3) is 0 Å². The maximum Gasteiger partial charge on any atom is 0.344 e. The summed E-state index contributed by atoms with van der Waals surface area (Å²) < 4.78 is 13.0. The minimum absolute atomic E-state index is 0.00286. The van der Waals surface area contributed by atoms with Crippen LogP contribution in [-0.4, -0.2) is 32.5 Å². The van der Waals surface area contributed by atoms with Gasteiger partial charge in [-0.25, -0.2) is 0 Å². The predicted molar refractivity (Wildman–Crippen MR) is 86.1 cm³/mol. The summed E-state index contributed by atoms with van der Waals surface area (Å²) in [5.74, 6) is 0. The molecule has 1 aliphatic heterocycles.